The molecule has 0 unspecified atom stereocenters. The highest BCUT2D eigenvalue weighted by molar-refractivity contribution is 7.09. The average molecular weight is 432 g/mol. The minimum atomic E-state index is -0.346. The van der Waals surface area contributed by atoms with Crippen molar-refractivity contribution < 1.29 is 4.79 Å². The molecule has 5 heteroatoms. The summed E-state index contributed by atoms with van der Waals surface area (Å²) in [5, 5.41) is 3.17. The SMILES string of the molecule is O=C1N(Cc2ccccc2)CCC[C@@]12CN(CCc1ccccc1)C[C@H]2c1nccs1. The van der Waals surface area contributed by atoms with E-state index in [1.807, 2.05) is 17.6 Å². The molecule has 0 saturated carbocycles. The Morgan fingerprint density at radius 3 is 2.48 bits per heavy atom. The zero-order valence-corrected chi connectivity index (χ0v) is 18.6. The number of likely N-dealkylation sites (tertiary alicyclic amines) is 2. The molecule has 4 nitrogen and oxygen atoms in total. The summed E-state index contributed by atoms with van der Waals surface area (Å²) in [4.78, 5) is 23.2. The summed E-state index contributed by atoms with van der Waals surface area (Å²) in [5.74, 6) is 0.513. The Balaban J connectivity index is 1.38. The number of nitrogens with zero attached hydrogens (tertiary/aromatic N) is 3. The quantitative estimate of drug-likeness (QED) is 0.573. The molecule has 2 atom stereocenters. The molecule has 3 aromatic rings. The minimum absolute atomic E-state index is 0.189. The van der Waals surface area contributed by atoms with Gasteiger partial charge in [-0.3, -0.25) is 4.79 Å². The van der Waals surface area contributed by atoms with E-state index < -0.39 is 0 Å². The summed E-state index contributed by atoms with van der Waals surface area (Å²) in [6, 6.07) is 21.0. The lowest BCUT2D eigenvalue weighted by Crippen LogP contribution is -2.51. The van der Waals surface area contributed by atoms with Crippen LogP contribution >= 0.6 is 11.3 Å². The van der Waals surface area contributed by atoms with Gasteiger partial charge in [-0.05, 0) is 30.4 Å². The third-order valence-electron chi connectivity index (χ3n) is 6.90. The van der Waals surface area contributed by atoms with Crippen molar-refractivity contribution in [1.82, 2.24) is 14.8 Å². The van der Waals surface area contributed by atoms with Gasteiger partial charge in [-0.1, -0.05) is 60.7 Å². The van der Waals surface area contributed by atoms with Gasteiger partial charge in [-0.25, -0.2) is 4.98 Å². The molecule has 31 heavy (non-hydrogen) atoms. The molecule has 2 aliphatic heterocycles. The van der Waals surface area contributed by atoms with E-state index in [4.69, 9.17) is 0 Å². The normalized spacial score (nSPS) is 24.2. The van der Waals surface area contributed by atoms with Crippen LogP contribution in [-0.2, 0) is 17.8 Å². The van der Waals surface area contributed by atoms with Crippen LogP contribution in [0.3, 0.4) is 0 Å². The highest BCUT2D eigenvalue weighted by Crippen LogP contribution is 2.50. The molecule has 1 amide bonds. The van der Waals surface area contributed by atoms with Crippen molar-refractivity contribution in [2.24, 2.45) is 5.41 Å². The standard InChI is InChI=1S/C26H29N3OS/c30-25-26(13-7-15-29(25)18-22-10-5-2-6-11-22)20-28(16-12-21-8-3-1-4-9-21)19-23(26)24-27-14-17-31-24/h1-6,8-11,14,17,23H,7,12-13,15-16,18-20H2/t23-,26-/m0/s1. The third kappa shape index (κ3) is 4.17. The molecule has 0 N–H and O–H groups in total. The Kier molecular flexibility index (Phi) is 5.88. The maximum atomic E-state index is 14.0. The van der Waals surface area contributed by atoms with Gasteiger partial charge < -0.3 is 9.80 Å². The lowest BCUT2D eigenvalue weighted by molar-refractivity contribution is -0.147. The summed E-state index contributed by atoms with van der Waals surface area (Å²) in [7, 11) is 0. The van der Waals surface area contributed by atoms with Crippen LogP contribution in [0.4, 0.5) is 0 Å². The fourth-order valence-electron chi connectivity index (χ4n) is 5.36. The first-order valence-electron chi connectivity index (χ1n) is 11.2. The van der Waals surface area contributed by atoms with Gasteiger partial charge in [0.15, 0.2) is 0 Å². The van der Waals surface area contributed by atoms with Crippen molar-refractivity contribution in [3.05, 3.63) is 88.4 Å². The van der Waals surface area contributed by atoms with E-state index in [2.05, 4.69) is 69.4 Å². The minimum Gasteiger partial charge on any atom is -0.338 e. The van der Waals surface area contributed by atoms with Gasteiger partial charge in [-0.2, -0.15) is 0 Å². The summed E-state index contributed by atoms with van der Waals surface area (Å²) in [6.07, 6.45) is 4.93. The van der Waals surface area contributed by atoms with Crippen molar-refractivity contribution in [2.45, 2.75) is 31.7 Å². The molecule has 2 aliphatic rings. The Hall–Kier alpha value is -2.50. The van der Waals surface area contributed by atoms with Gasteiger partial charge >= 0.3 is 0 Å². The first kappa shape index (κ1) is 20.4. The van der Waals surface area contributed by atoms with Gasteiger partial charge in [0.2, 0.25) is 5.91 Å². The smallest absolute Gasteiger partial charge is 0.231 e. The van der Waals surface area contributed by atoms with Crippen molar-refractivity contribution in [3.63, 3.8) is 0 Å². The number of carbonyl (C=O) groups excluding carboxylic acids is 1. The molecule has 160 valence electrons. The first-order chi connectivity index (χ1) is 15.2. The zero-order valence-electron chi connectivity index (χ0n) is 17.8. The molecule has 5 rings (SSSR count). The summed E-state index contributed by atoms with van der Waals surface area (Å²) in [6.45, 7) is 4.30. The van der Waals surface area contributed by atoms with Crippen LogP contribution in [0.15, 0.2) is 72.2 Å². The molecular weight excluding hydrogens is 402 g/mol. The maximum absolute atomic E-state index is 14.0. The van der Waals surface area contributed by atoms with Gasteiger partial charge in [-0.15, -0.1) is 11.3 Å². The maximum Gasteiger partial charge on any atom is 0.231 e. The Morgan fingerprint density at radius 1 is 1.03 bits per heavy atom. The van der Waals surface area contributed by atoms with Crippen LogP contribution in [0.1, 0.15) is 34.9 Å². The number of rotatable bonds is 6. The number of aromatic nitrogens is 1. The average Bonchev–Trinajstić information content (AvgIpc) is 3.46. The van der Waals surface area contributed by atoms with Gasteiger partial charge in [0, 0.05) is 50.2 Å². The molecule has 1 spiro atoms. The van der Waals surface area contributed by atoms with Crippen LogP contribution in [-0.4, -0.2) is 46.9 Å². The van der Waals surface area contributed by atoms with Crippen molar-refractivity contribution in [2.75, 3.05) is 26.2 Å². The summed E-state index contributed by atoms with van der Waals surface area (Å²) in [5.41, 5.74) is 2.22. The second kappa shape index (κ2) is 8.93. The van der Waals surface area contributed by atoms with Crippen molar-refractivity contribution >= 4 is 17.2 Å². The lowest BCUT2D eigenvalue weighted by atomic mass is 9.71. The molecule has 0 aliphatic carbocycles. The third-order valence-corrected chi connectivity index (χ3v) is 7.79. The highest BCUT2D eigenvalue weighted by atomic mass is 32.1. The second-order valence-corrected chi connectivity index (χ2v) is 9.79. The molecule has 2 aromatic carbocycles. The monoisotopic (exact) mass is 431 g/mol. The molecule has 1 aromatic heterocycles. The first-order valence-corrected chi connectivity index (χ1v) is 12.1. The summed E-state index contributed by atoms with van der Waals surface area (Å²) >= 11 is 1.70. The summed E-state index contributed by atoms with van der Waals surface area (Å²) < 4.78 is 0. The van der Waals surface area contributed by atoms with E-state index in [1.54, 1.807) is 11.3 Å². The Bertz CT molecular complexity index is 992. The van der Waals surface area contributed by atoms with E-state index in [9.17, 15) is 4.79 Å². The molecule has 0 radical (unpaired) electrons. The van der Waals surface area contributed by atoms with Gasteiger partial charge in [0.25, 0.3) is 0 Å². The highest BCUT2D eigenvalue weighted by Gasteiger charge is 2.55. The van der Waals surface area contributed by atoms with Crippen LogP contribution < -0.4 is 0 Å². The largest absolute Gasteiger partial charge is 0.338 e. The molecule has 3 heterocycles. The number of thiazole rings is 1. The van der Waals surface area contributed by atoms with Crippen LogP contribution in [0.2, 0.25) is 0 Å². The Labute approximate surface area is 188 Å². The molecular formula is C26H29N3OS. The van der Waals surface area contributed by atoms with E-state index in [0.29, 0.717) is 12.5 Å². The predicted octanol–water partition coefficient (Wildman–Crippen LogP) is 4.59. The predicted molar refractivity (Wildman–Crippen MR) is 125 cm³/mol. The number of hydrogen-bond donors (Lipinski definition) is 0. The van der Waals surface area contributed by atoms with E-state index in [-0.39, 0.29) is 11.3 Å². The lowest BCUT2D eigenvalue weighted by Gasteiger charge is -2.42. The van der Waals surface area contributed by atoms with Gasteiger partial charge in [0.1, 0.15) is 0 Å². The molecule has 2 saturated heterocycles. The molecule has 0 bridgehead atoms. The number of benzene rings is 2. The Morgan fingerprint density at radius 2 is 1.77 bits per heavy atom. The van der Waals surface area contributed by atoms with Gasteiger partial charge in [0.05, 0.1) is 10.4 Å². The fraction of sp³-hybridized carbons (Fsp3) is 0.385. The van der Waals surface area contributed by atoms with Crippen molar-refractivity contribution in [1.29, 1.82) is 0 Å². The van der Waals surface area contributed by atoms with E-state index >= 15 is 0 Å². The van der Waals surface area contributed by atoms with E-state index in [1.165, 1.54) is 11.1 Å². The fourth-order valence-corrected chi connectivity index (χ4v) is 6.21. The number of hydrogen-bond acceptors (Lipinski definition) is 4. The second-order valence-electron chi connectivity index (χ2n) is 8.87. The van der Waals surface area contributed by atoms with E-state index in [0.717, 1.165) is 50.4 Å². The van der Waals surface area contributed by atoms with Crippen LogP contribution in [0.25, 0.3) is 0 Å². The number of amides is 1. The van der Waals surface area contributed by atoms with Crippen LogP contribution in [0.5, 0.6) is 0 Å². The topological polar surface area (TPSA) is 36.4 Å². The number of piperidine rings is 1. The zero-order chi connectivity index (χ0) is 21.1. The number of carbonyl (C=O) groups is 1. The molecule has 2 fully saturated rings. The van der Waals surface area contributed by atoms with Crippen molar-refractivity contribution in [3.8, 4) is 0 Å². The van der Waals surface area contributed by atoms with Crippen LogP contribution in [0, 0.1) is 5.41 Å².